The maximum absolute atomic E-state index is 14.7. The SMILES string of the molecule is CC[C@@H]1C[C@@]1(NC(=O)[C@@H]1C[C@@H]2CN1C(=O)[C@H](C(C)(C)C)NC(=O)OC(C)(C)C/C=C/c1ccc3nc(-c4ccccc4)c(nc3c1)O2)C(=O)NS(=O)(=O)C1CC1. The Balaban J connectivity index is 1.28. The molecule has 14 nitrogen and oxygen atoms in total. The van der Waals surface area contributed by atoms with Crippen molar-refractivity contribution < 1.29 is 37.1 Å². The van der Waals surface area contributed by atoms with Gasteiger partial charge in [0.25, 0.3) is 5.91 Å². The molecule has 56 heavy (non-hydrogen) atoms. The molecule has 298 valence electrons. The van der Waals surface area contributed by atoms with E-state index >= 15 is 0 Å². The lowest BCUT2D eigenvalue weighted by Gasteiger charge is -2.36. The van der Waals surface area contributed by atoms with Gasteiger partial charge in [-0.1, -0.05) is 82.7 Å². The van der Waals surface area contributed by atoms with Crippen LogP contribution in [-0.2, 0) is 29.1 Å². The van der Waals surface area contributed by atoms with E-state index in [1.165, 1.54) is 4.90 Å². The molecule has 1 aromatic heterocycles. The van der Waals surface area contributed by atoms with Gasteiger partial charge in [0.2, 0.25) is 27.7 Å². The first-order chi connectivity index (χ1) is 26.4. The molecular weight excluding hydrogens is 737 g/mol. The number of alkyl carbamates (subject to hydrolysis) is 1. The van der Waals surface area contributed by atoms with Crippen LogP contribution in [0, 0.1) is 11.3 Å². The van der Waals surface area contributed by atoms with Crippen LogP contribution < -0.4 is 20.1 Å². The number of fused-ring (bicyclic) bond motifs is 4. The Morgan fingerprint density at radius 1 is 1.04 bits per heavy atom. The Labute approximate surface area is 327 Å². The summed E-state index contributed by atoms with van der Waals surface area (Å²) in [6.45, 7) is 10.8. The highest BCUT2D eigenvalue weighted by molar-refractivity contribution is 7.91. The standard InChI is InChI=1S/C41H50N6O8S/c1-7-26-22-41(26,37(50)46-56(52,53)28-16-17-28)45-34(48)31-21-27-23-47(31)36(49)33(39(2,3)4)44-38(51)55-40(5,6)19-11-12-24-15-18-29-30(20-24)43-35(54-27)32(42-29)25-13-9-8-10-14-25/h8-15,18,20,26-28,31,33H,7,16-17,19,21-23H2,1-6H3,(H,44,51)(H,45,48)(H,46,50)/b12-11+/t26-,27-,31+,33-,41+/m1/s1. The van der Waals surface area contributed by atoms with Crippen molar-refractivity contribution in [3.8, 4) is 17.1 Å². The molecule has 0 spiro atoms. The molecule has 3 heterocycles. The Kier molecular flexibility index (Phi) is 10.1. The molecule has 5 bridgehead atoms. The van der Waals surface area contributed by atoms with E-state index in [-0.39, 0.29) is 31.2 Å². The van der Waals surface area contributed by atoms with Crippen LogP contribution in [0.4, 0.5) is 4.79 Å². The number of cyclic esters (lactones) is 1. The molecule has 3 N–H and O–H groups in total. The molecule has 2 saturated carbocycles. The first kappa shape index (κ1) is 39.2. The fourth-order valence-corrected chi connectivity index (χ4v) is 8.95. The third kappa shape index (κ3) is 8.09. The van der Waals surface area contributed by atoms with Crippen molar-refractivity contribution >= 4 is 50.9 Å². The van der Waals surface area contributed by atoms with Gasteiger partial charge in [0, 0.05) is 18.4 Å². The average Bonchev–Trinajstić information content (AvgIpc) is 4.06. The molecule has 7 rings (SSSR count). The van der Waals surface area contributed by atoms with Crippen LogP contribution in [0.15, 0.2) is 54.6 Å². The third-order valence-corrected chi connectivity index (χ3v) is 12.9. The molecule has 15 heteroatoms. The fourth-order valence-electron chi connectivity index (χ4n) is 7.59. The second-order valence-corrected chi connectivity index (χ2v) is 19.1. The first-order valence-electron chi connectivity index (χ1n) is 19.3. The van der Waals surface area contributed by atoms with E-state index in [0.29, 0.717) is 42.4 Å². The molecule has 3 fully saturated rings. The number of hydrogen-bond acceptors (Lipinski definition) is 10. The van der Waals surface area contributed by atoms with E-state index in [4.69, 9.17) is 19.4 Å². The minimum Gasteiger partial charge on any atom is -0.471 e. The lowest BCUT2D eigenvalue weighted by Crippen LogP contribution is -2.60. The second-order valence-electron chi connectivity index (χ2n) is 17.1. The summed E-state index contributed by atoms with van der Waals surface area (Å²) in [5.74, 6) is -2.05. The van der Waals surface area contributed by atoms with Gasteiger partial charge in [-0.2, -0.15) is 0 Å². The van der Waals surface area contributed by atoms with E-state index in [2.05, 4.69) is 15.4 Å². The van der Waals surface area contributed by atoms with Crippen LogP contribution in [0.25, 0.3) is 28.4 Å². The zero-order valence-corrected chi connectivity index (χ0v) is 33.4. The molecule has 3 aromatic rings. The zero-order chi connectivity index (χ0) is 40.2. The van der Waals surface area contributed by atoms with E-state index in [1.54, 1.807) is 34.6 Å². The Morgan fingerprint density at radius 2 is 1.77 bits per heavy atom. The summed E-state index contributed by atoms with van der Waals surface area (Å²) in [6, 6.07) is 12.9. The smallest absolute Gasteiger partial charge is 0.408 e. The van der Waals surface area contributed by atoms with Crippen molar-refractivity contribution in [1.82, 2.24) is 30.2 Å². The number of ether oxygens (including phenoxy) is 2. The lowest BCUT2D eigenvalue weighted by atomic mass is 9.85. The van der Waals surface area contributed by atoms with Gasteiger partial charge in [0.05, 0.1) is 22.8 Å². The molecule has 5 atom stereocenters. The highest BCUT2D eigenvalue weighted by Gasteiger charge is 2.62. The Bertz CT molecular complexity index is 2200. The van der Waals surface area contributed by atoms with Gasteiger partial charge in [-0.3, -0.25) is 19.1 Å². The summed E-state index contributed by atoms with van der Waals surface area (Å²) in [4.78, 5) is 67.6. The van der Waals surface area contributed by atoms with E-state index in [9.17, 15) is 27.6 Å². The highest BCUT2D eigenvalue weighted by atomic mass is 32.2. The van der Waals surface area contributed by atoms with E-state index < -0.39 is 73.8 Å². The van der Waals surface area contributed by atoms with Crippen molar-refractivity contribution in [2.45, 2.75) is 115 Å². The van der Waals surface area contributed by atoms with Gasteiger partial charge in [-0.25, -0.2) is 23.2 Å². The lowest BCUT2D eigenvalue weighted by molar-refractivity contribution is -0.143. The monoisotopic (exact) mass is 786 g/mol. The minimum absolute atomic E-state index is 0.0114. The first-order valence-corrected chi connectivity index (χ1v) is 20.8. The number of aromatic nitrogens is 2. The molecule has 4 amide bonds. The molecule has 4 aliphatic rings. The molecule has 1 saturated heterocycles. The summed E-state index contributed by atoms with van der Waals surface area (Å²) in [6.07, 6.45) is 4.35. The van der Waals surface area contributed by atoms with Crippen LogP contribution in [0.1, 0.15) is 85.6 Å². The number of nitrogens with one attached hydrogen (secondary N) is 3. The van der Waals surface area contributed by atoms with Crippen molar-refractivity contribution in [2.24, 2.45) is 11.3 Å². The van der Waals surface area contributed by atoms with Crippen LogP contribution >= 0.6 is 0 Å². The molecule has 2 aromatic carbocycles. The van der Waals surface area contributed by atoms with Gasteiger partial charge >= 0.3 is 6.09 Å². The van der Waals surface area contributed by atoms with Crippen molar-refractivity contribution in [3.63, 3.8) is 0 Å². The number of carbonyl (C=O) groups is 4. The van der Waals surface area contributed by atoms with Gasteiger partial charge in [0.15, 0.2) is 0 Å². The number of nitrogens with zero attached hydrogens (tertiary/aromatic N) is 3. The largest absolute Gasteiger partial charge is 0.471 e. The minimum atomic E-state index is -3.88. The average molecular weight is 787 g/mol. The van der Waals surface area contributed by atoms with E-state index in [0.717, 1.165) is 11.1 Å². The fraction of sp³-hybridized carbons (Fsp3) is 0.512. The van der Waals surface area contributed by atoms with Gasteiger partial charge < -0.3 is 25.0 Å². The van der Waals surface area contributed by atoms with Crippen molar-refractivity contribution in [1.29, 1.82) is 0 Å². The summed E-state index contributed by atoms with van der Waals surface area (Å²) < 4.78 is 40.3. The summed E-state index contributed by atoms with van der Waals surface area (Å²) in [5.41, 5.74) is 0.0677. The number of hydrogen-bond donors (Lipinski definition) is 3. The quantitative estimate of drug-likeness (QED) is 0.298. The normalized spacial score (nSPS) is 27.1. The van der Waals surface area contributed by atoms with Crippen molar-refractivity contribution in [3.05, 3.63) is 60.2 Å². The molecule has 0 unspecified atom stereocenters. The van der Waals surface area contributed by atoms with Gasteiger partial charge in [0.1, 0.15) is 35.0 Å². The van der Waals surface area contributed by atoms with Gasteiger partial charge in [-0.05, 0) is 62.1 Å². The highest BCUT2D eigenvalue weighted by Crippen LogP contribution is 2.47. The maximum Gasteiger partial charge on any atom is 0.408 e. The van der Waals surface area contributed by atoms with Crippen molar-refractivity contribution in [2.75, 3.05) is 6.54 Å². The second kappa shape index (κ2) is 14.5. The number of amides is 4. The topological polar surface area (TPSA) is 186 Å². The number of rotatable bonds is 7. The summed E-state index contributed by atoms with van der Waals surface area (Å²) in [7, 11) is -3.88. The Hall–Kier alpha value is -5.05. The zero-order valence-electron chi connectivity index (χ0n) is 32.6. The predicted octanol–water partition coefficient (Wildman–Crippen LogP) is 4.87. The van der Waals surface area contributed by atoms with Crippen LogP contribution in [-0.4, -0.2) is 88.2 Å². The molecular formula is C41H50N6O8S. The summed E-state index contributed by atoms with van der Waals surface area (Å²) in [5, 5.41) is 5.04. The molecule has 0 radical (unpaired) electrons. The van der Waals surface area contributed by atoms with Crippen LogP contribution in [0.2, 0.25) is 0 Å². The number of sulfonamides is 1. The van der Waals surface area contributed by atoms with Gasteiger partial charge in [-0.15, -0.1) is 0 Å². The predicted molar refractivity (Wildman–Crippen MR) is 209 cm³/mol. The maximum atomic E-state index is 14.7. The van der Waals surface area contributed by atoms with E-state index in [1.807, 2.05) is 67.6 Å². The van der Waals surface area contributed by atoms with Crippen LogP contribution in [0.5, 0.6) is 5.88 Å². The number of benzene rings is 2. The third-order valence-electron chi connectivity index (χ3n) is 11.0. The Morgan fingerprint density at radius 3 is 2.43 bits per heavy atom. The summed E-state index contributed by atoms with van der Waals surface area (Å²) >= 11 is 0. The molecule has 2 aliphatic carbocycles. The molecule has 2 aliphatic heterocycles. The van der Waals surface area contributed by atoms with Crippen LogP contribution in [0.3, 0.4) is 0 Å². The number of carbonyl (C=O) groups excluding carboxylic acids is 4.